The number of hydrazone groups is 1. The molecular formula is C15H20ClN3O4. The number of ether oxygens (including phenoxy) is 2. The SMILES string of the molecule is CCOc1cc(/C=N/NC(=O)CN2CCOCC2)cc(Cl)c1O. The van der Waals surface area contributed by atoms with Gasteiger partial charge < -0.3 is 14.6 Å². The van der Waals surface area contributed by atoms with Crippen LogP contribution in [0.5, 0.6) is 11.5 Å². The van der Waals surface area contributed by atoms with Crippen molar-refractivity contribution in [3.05, 3.63) is 22.7 Å². The third kappa shape index (κ3) is 5.38. The molecule has 0 aromatic heterocycles. The van der Waals surface area contributed by atoms with Crippen LogP contribution in [0.25, 0.3) is 0 Å². The Labute approximate surface area is 139 Å². The van der Waals surface area contributed by atoms with Crippen LogP contribution in [-0.4, -0.2) is 61.6 Å². The Bertz CT molecular complexity index is 574. The summed E-state index contributed by atoms with van der Waals surface area (Å²) in [5.74, 6) is -0.0267. The fourth-order valence-electron chi connectivity index (χ4n) is 2.11. The van der Waals surface area contributed by atoms with E-state index in [4.69, 9.17) is 21.1 Å². The molecule has 7 nitrogen and oxygen atoms in total. The van der Waals surface area contributed by atoms with Crippen LogP contribution in [0.2, 0.25) is 5.02 Å². The van der Waals surface area contributed by atoms with Gasteiger partial charge >= 0.3 is 0 Å². The summed E-state index contributed by atoms with van der Waals surface area (Å²) in [6, 6.07) is 3.14. The fraction of sp³-hybridized carbons (Fsp3) is 0.467. The lowest BCUT2D eigenvalue weighted by Gasteiger charge is -2.25. The first-order valence-corrected chi connectivity index (χ1v) is 7.75. The molecule has 1 aliphatic heterocycles. The van der Waals surface area contributed by atoms with Crippen molar-refractivity contribution in [2.24, 2.45) is 5.10 Å². The van der Waals surface area contributed by atoms with Gasteiger partial charge in [-0.3, -0.25) is 9.69 Å². The van der Waals surface area contributed by atoms with Crippen LogP contribution in [0.15, 0.2) is 17.2 Å². The maximum atomic E-state index is 11.8. The van der Waals surface area contributed by atoms with Gasteiger partial charge in [-0.25, -0.2) is 5.43 Å². The van der Waals surface area contributed by atoms with Crippen molar-refractivity contribution in [3.63, 3.8) is 0 Å². The van der Waals surface area contributed by atoms with E-state index in [1.165, 1.54) is 12.3 Å². The van der Waals surface area contributed by atoms with Crippen LogP contribution >= 0.6 is 11.6 Å². The molecule has 8 heteroatoms. The van der Waals surface area contributed by atoms with Crippen molar-refractivity contribution < 1.29 is 19.4 Å². The first-order valence-electron chi connectivity index (χ1n) is 7.37. The maximum Gasteiger partial charge on any atom is 0.254 e. The van der Waals surface area contributed by atoms with Crippen LogP contribution < -0.4 is 10.2 Å². The predicted octanol–water partition coefficient (Wildman–Crippen LogP) is 1.23. The monoisotopic (exact) mass is 341 g/mol. The molecule has 2 N–H and O–H groups in total. The van der Waals surface area contributed by atoms with E-state index in [-0.39, 0.29) is 29.0 Å². The van der Waals surface area contributed by atoms with E-state index in [9.17, 15) is 9.90 Å². The number of carbonyl (C=O) groups is 1. The van der Waals surface area contributed by atoms with Gasteiger partial charge in [0.05, 0.1) is 37.6 Å². The minimum atomic E-state index is -0.196. The Morgan fingerprint density at radius 1 is 1.52 bits per heavy atom. The van der Waals surface area contributed by atoms with Crippen molar-refractivity contribution in [2.75, 3.05) is 39.5 Å². The average molecular weight is 342 g/mol. The first-order chi connectivity index (χ1) is 11.1. The number of rotatable bonds is 6. The highest BCUT2D eigenvalue weighted by Gasteiger charge is 2.13. The summed E-state index contributed by atoms with van der Waals surface area (Å²) >= 11 is 5.93. The number of phenols is 1. The summed E-state index contributed by atoms with van der Waals surface area (Å²) in [5.41, 5.74) is 3.08. The molecule has 1 fully saturated rings. The number of morpholine rings is 1. The quantitative estimate of drug-likeness (QED) is 0.600. The zero-order valence-corrected chi connectivity index (χ0v) is 13.7. The molecule has 1 aliphatic rings. The molecule has 0 saturated carbocycles. The molecule has 0 radical (unpaired) electrons. The minimum Gasteiger partial charge on any atom is -0.503 e. The molecular weight excluding hydrogens is 322 g/mol. The second kappa shape index (κ2) is 8.71. The van der Waals surface area contributed by atoms with Crippen LogP contribution in [0.3, 0.4) is 0 Å². The number of carbonyl (C=O) groups excluding carboxylic acids is 1. The van der Waals surface area contributed by atoms with E-state index >= 15 is 0 Å². The summed E-state index contributed by atoms with van der Waals surface area (Å²) in [4.78, 5) is 13.8. The van der Waals surface area contributed by atoms with Gasteiger partial charge in [0, 0.05) is 13.1 Å². The molecule has 2 rings (SSSR count). The van der Waals surface area contributed by atoms with Crippen molar-refractivity contribution in [1.29, 1.82) is 0 Å². The van der Waals surface area contributed by atoms with E-state index in [0.29, 0.717) is 25.4 Å². The van der Waals surface area contributed by atoms with Gasteiger partial charge in [-0.15, -0.1) is 0 Å². The highest BCUT2D eigenvalue weighted by molar-refractivity contribution is 6.32. The number of halogens is 1. The lowest BCUT2D eigenvalue weighted by atomic mass is 10.2. The number of nitrogens with one attached hydrogen (secondary N) is 1. The number of amides is 1. The Kier molecular flexibility index (Phi) is 6.64. The summed E-state index contributed by atoms with van der Waals surface area (Å²) in [6.07, 6.45) is 1.45. The van der Waals surface area contributed by atoms with Crippen molar-refractivity contribution in [1.82, 2.24) is 10.3 Å². The molecule has 0 unspecified atom stereocenters. The lowest BCUT2D eigenvalue weighted by Crippen LogP contribution is -2.42. The van der Waals surface area contributed by atoms with Crippen molar-refractivity contribution >= 4 is 23.7 Å². The van der Waals surface area contributed by atoms with Crippen LogP contribution in [0.4, 0.5) is 0 Å². The Hall–Kier alpha value is -1.83. The van der Waals surface area contributed by atoms with E-state index in [0.717, 1.165) is 13.1 Å². The van der Waals surface area contributed by atoms with E-state index in [1.807, 2.05) is 4.90 Å². The highest BCUT2D eigenvalue weighted by Crippen LogP contribution is 2.34. The molecule has 1 aromatic carbocycles. The summed E-state index contributed by atoms with van der Waals surface area (Å²) < 4.78 is 10.5. The number of benzene rings is 1. The molecule has 1 heterocycles. The lowest BCUT2D eigenvalue weighted by molar-refractivity contribution is -0.123. The van der Waals surface area contributed by atoms with Gasteiger partial charge in [-0.1, -0.05) is 11.6 Å². The van der Waals surface area contributed by atoms with E-state index < -0.39 is 0 Å². The molecule has 23 heavy (non-hydrogen) atoms. The molecule has 0 spiro atoms. The Morgan fingerprint density at radius 2 is 2.26 bits per heavy atom. The maximum absolute atomic E-state index is 11.8. The van der Waals surface area contributed by atoms with Gasteiger partial charge in [0.25, 0.3) is 5.91 Å². The van der Waals surface area contributed by atoms with Gasteiger partial charge in [-0.2, -0.15) is 5.10 Å². The number of phenolic OH excluding ortho intramolecular Hbond substituents is 1. The van der Waals surface area contributed by atoms with E-state index in [2.05, 4.69) is 10.5 Å². The van der Waals surface area contributed by atoms with Crippen LogP contribution in [-0.2, 0) is 9.53 Å². The third-order valence-electron chi connectivity index (χ3n) is 3.22. The van der Waals surface area contributed by atoms with Crippen LogP contribution in [0.1, 0.15) is 12.5 Å². The largest absolute Gasteiger partial charge is 0.503 e. The topological polar surface area (TPSA) is 83.4 Å². The Balaban J connectivity index is 1.90. The Morgan fingerprint density at radius 3 is 2.96 bits per heavy atom. The molecule has 1 amide bonds. The van der Waals surface area contributed by atoms with Gasteiger partial charge in [0.15, 0.2) is 11.5 Å². The van der Waals surface area contributed by atoms with Gasteiger partial charge in [-0.05, 0) is 24.6 Å². The number of aromatic hydroxyl groups is 1. The zero-order chi connectivity index (χ0) is 16.7. The molecule has 0 aliphatic carbocycles. The summed E-state index contributed by atoms with van der Waals surface area (Å²) in [5, 5.41) is 13.8. The molecule has 0 atom stereocenters. The summed E-state index contributed by atoms with van der Waals surface area (Å²) in [7, 11) is 0. The fourth-order valence-corrected chi connectivity index (χ4v) is 2.33. The van der Waals surface area contributed by atoms with Crippen molar-refractivity contribution in [3.8, 4) is 11.5 Å². The van der Waals surface area contributed by atoms with Crippen molar-refractivity contribution in [2.45, 2.75) is 6.92 Å². The average Bonchev–Trinajstić information content (AvgIpc) is 2.53. The van der Waals surface area contributed by atoms with Crippen LogP contribution in [0, 0.1) is 0 Å². The van der Waals surface area contributed by atoms with Gasteiger partial charge in [0.2, 0.25) is 0 Å². The zero-order valence-electron chi connectivity index (χ0n) is 12.9. The predicted molar refractivity (Wildman–Crippen MR) is 87.3 cm³/mol. The minimum absolute atomic E-state index is 0.109. The molecule has 126 valence electrons. The normalized spacial score (nSPS) is 15.7. The first kappa shape index (κ1) is 17.5. The molecule has 1 aromatic rings. The van der Waals surface area contributed by atoms with E-state index in [1.54, 1.807) is 13.0 Å². The molecule has 1 saturated heterocycles. The number of nitrogens with zero attached hydrogens (tertiary/aromatic N) is 2. The second-order valence-corrected chi connectivity index (χ2v) is 5.37. The smallest absolute Gasteiger partial charge is 0.254 e. The highest BCUT2D eigenvalue weighted by atomic mass is 35.5. The third-order valence-corrected chi connectivity index (χ3v) is 3.51. The summed E-state index contributed by atoms with van der Waals surface area (Å²) in [6.45, 7) is 5.25. The second-order valence-electron chi connectivity index (χ2n) is 4.96. The standard InChI is InChI=1S/C15H20ClN3O4/c1-2-23-13-8-11(7-12(16)15(13)21)9-17-18-14(20)10-19-3-5-22-6-4-19/h7-9,21H,2-6,10H2,1H3,(H,18,20)/b17-9+. The number of hydrogen-bond donors (Lipinski definition) is 2. The number of hydrogen-bond acceptors (Lipinski definition) is 6. The molecule has 0 bridgehead atoms. The van der Waals surface area contributed by atoms with Gasteiger partial charge in [0.1, 0.15) is 0 Å².